The molecule has 4 aromatic carbocycles. The smallest absolute Gasteiger partial charge is 0.496 e. The zero-order valence-corrected chi connectivity index (χ0v) is 43.2. The van der Waals surface area contributed by atoms with Crippen LogP contribution in [-0.4, -0.2) is 135 Å². The molecule has 2 fully saturated rings. The van der Waals surface area contributed by atoms with Gasteiger partial charge in [-0.25, -0.2) is 0 Å². The van der Waals surface area contributed by atoms with Crippen molar-refractivity contribution in [2.45, 2.75) is 102 Å². The first kappa shape index (κ1) is 58.8. The molecule has 0 spiro atoms. The van der Waals surface area contributed by atoms with E-state index in [4.69, 9.17) is 42.6 Å². The molecule has 6 aromatic rings. The van der Waals surface area contributed by atoms with Crippen molar-refractivity contribution < 1.29 is 93.6 Å². The molecule has 21 nitrogen and oxygen atoms in total. The molecule has 76 heavy (non-hydrogen) atoms. The standard InChI is InChI=1S/C22H24N2O7.C19H25F3O7S.C9H9BN2O3/c1-11-23-24-22(30-11)13-5-3-12(4-6-13)15-9-14(7-8-16(15)29-2)21-20(28)19(27)18(26)17(10-25)31-21;1-6-14-10(2)11(3)17(27-12(4)23)18(28-14)13-7-8-15(26-5)16(9-13)29-30(24,25)19(20,21)22;1-6-11-12-9(15-6)7-2-4-8(5-3-7)10(13)14/h3-9,17-21,25-28H,10H2,1-2H3;7-11,14,17-18H,6H2,1-5H3;2-5,13-14H,1H3/t17-,18-,19+,20+,21-;10-,11-,14+,17-,18+;/m10./s1. The maximum absolute atomic E-state index is 12.8. The number of esters is 1. The summed E-state index contributed by atoms with van der Waals surface area (Å²) in [7, 11) is -4.64. The monoisotopic (exact) mass is 1090 g/mol. The number of rotatable bonds is 13. The number of aryl methyl sites for hydroxylation is 2. The van der Waals surface area contributed by atoms with Crippen molar-refractivity contribution in [3.05, 3.63) is 108 Å². The third-order valence-electron chi connectivity index (χ3n) is 12.7. The van der Waals surface area contributed by atoms with Gasteiger partial charge in [0.05, 0.1) is 26.9 Å². The van der Waals surface area contributed by atoms with E-state index in [-0.39, 0.29) is 23.7 Å². The van der Waals surface area contributed by atoms with Crippen LogP contribution in [0.1, 0.15) is 69.2 Å². The quantitative estimate of drug-likeness (QED) is 0.0386. The van der Waals surface area contributed by atoms with E-state index in [9.17, 15) is 46.8 Å². The molecule has 0 amide bonds. The van der Waals surface area contributed by atoms with Gasteiger partial charge in [-0.3, -0.25) is 4.79 Å². The number of aliphatic hydroxyl groups excluding tert-OH is 4. The molecule has 0 bridgehead atoms. The highest BCUT2D eigenvalue weighted by Crippen LogP contribution is 2.44. The van der Waals surface area contributed by atoms with E-state index < -0.39 is 83.8 Å². The van der Waals surface area contributed by atoms with Crippen molar-refractivity contribution in [3.63, 3.8) is 0 Å². The molecular weight excluding hydrogens is 1030 g/mol. The van der Waals surface area contributed by atoms with Gasteiger partial charge in [-0.05, 0) is 83.0 Å². The summed E-state index contributed by atoms with van der Waals surface area (Å²) in [6.07, 6.45) is -7.20. The predicted molar refractivity (Wildman–Crippen MR) is 264 cm³/mol. The van der Waals surface area contributed by atoms with E-state index in [0.717, 1.165) is 35.4 Å². The zero-order chi connectivity index (χ0) is 55.8. The van der Waals surface area contributed by atoms with Crippen LogP contribution in [0.5, 0.6) is 17.2 Å². The van der Waals surface area contributed by atoms with Gasteiger partial charge in [-0.2, -0.15) is 21.6 Å². The van der Waals surface area contributed by atoms with Crippen molar-refractivity contribution in [1.82, 2.24) is 20.4 Å². The molecule has 4 heterocycles. The number of alkyl halides is 3. The lowest BCUT2D eigenvalue weighted by atomic mass is 9.79. The average molecular weight is 1090 g/mol. The van der Waals surface area contributed by atoms with Crippen LogP contribution in [0.25, 0.3) is 34.0 Å². The summed E-state index contributed by atoms with van der Waals surface area (Å²) in [4.78, 5) is 11.6. The van der Waals surface area contributed by atoms with Crippen LogP contribution >= 0.6 is 0 Å². The second-order valence-corrected chi connectivity index (χ2v) is 19.3. The van der Waals surface area contributed by atoms with Crippen LogP contribution in [0.4, 0.5) is 13.2 Å². The third kappa shape index (κ3) is 13.7. The summed E-state index contributed by atoms with van der Waals surface area (Å²) in [5.74, 6) is 0.971. The number of nitrogens with zero attached hydrogens (tertiary/aromatic N) is 4. The Morgan fingerprint density at radius 2 is 1.20 bits per heavy atom. The Bertz CT molecular complexity index is 2980. The fourth-order valence-electron chi connectivity index (χ4n) is 8.42. The Labute approximate surface area is 435 Å². The molecule has 10 atom stereocenters. The molecular formula is C50H58BF3N4O17S. The van der Waals surface area contributed by atoms with Crippen LogP contribution in [0.15, 0.2) is 93.8 Å². The molecule has 2 aliphatic heterocycles. The third-order valence-corrected chi connectivity index (χ3v) is 13.6. The molecule has 2 aromatic heterocycles. The van der Waals surface area contributed by atoms with Crippen LogP contribution in [-0.2, 0) is 29.1 Å². The summed E-state index contributed by atoms with van der Waals surface area (Å²) in [6, 6.07) is 23.2. The Morgan fingerprint density at radius 1 is 0.684 bits per heavy atom. The minimum atomic E-state index is -5.90. The van der Waals surface area contributed by atoms with Gasteiger partial charge in [-0.15, -0.1) is 20.4 Å². The summed E-state index contributed by atoms with van der Waals surface area (Å²) in [5.41, 5.74) is -1.21. The van der Waals surface area contributed by atoms with E-state index in [1.165, 1.54) is 19.1 Å². The van der Waals surface area contributed by atoms with Crippen molar-refractivity contribution in [2.75, 3.05) is 20.8 Å². The average Bonchev–Trinajstić information content (AvgIpc) is 4.04. The van der Waals surface area contributed by atoms with E-state index >= 15 is 0 Å². The fourth-order valence-corrected chi connectivity index (χ4v) is 8.88. The van der Waals surface area contributed by atoms with Gasteiger partial charge in [-0.1, -0.05) is 57.2 Å². The summed E-state index contributed by atoms with van der Waals surface area (Å²) >= 11 is 0. The first-order chi connectivity index (χ1) is 35.9. The number of ether oxygens (including phenoxy) is 5. The minimum absolute atomic E-state index is 0.0511. The number of methoxy groups -OCH3 is 2. The number of carbonyl (C=O) groups is 1. The van der Waals surface area contributed by atoms with Gasteiger partial charge >= 0.3 is 28.7 Å². The molecule has 0 aliphatic carbocycles. The molecule has 26 heteroatoms. The molecule has 410 valence electrons. The second kappa shape index (κ2) is 25.1. The number of hydrogen-bond acceptors (Lipinski definition) is 21. The van der Waals surface area contributed by atoms with E-state index in [1.807, 2.05) is 45.0 Å². The first-order valence-electron chi connectivity index (χ1n) is 23.6. The topological polar surface area (TPSA) is 306 Å². The number of aromatic nitrogens is 4. The maximum atomic E-state index is 12.8. The molecule has 0 saturated carbocycles. The highest BCUT2D eigenvalue weighted by atomic mass is 32.2. The molecule has 8 rings (SSSR count). The minimum Gasteiger partial charge on any atom is -0.496 e. The van der Waals surface area contributed by atoms with E-state index in [2.05, 4.69) is 24.6 Å². The SMILES string of the molecule is CC[C@H]1O[C@H](c2ccc(OC)c(OS(=O)(=O)C(F)(F)F)c2)[C@@H](OC(C)=O)[C@@H](C)[C@@H]1C.COc1ccc([C@H]2O[C@H](CO)[C@@H](O)[C@H](O)[C@@H]2O)cc1-c1ccc(-c2nnc(C)o2)cc1.Cc1nnc(-c2ccc(B(O)O)cc2)o1. The van der Waals surface area contributed by atoms with Gasteiger partial charge in [0.1, 0.15) is 48.5 Å². The first-order valence-corrected chi connectivity index (χ1v) is 25.0. The van der Waals surface area contributed by atoms with Crippen LogP contribution in [0.2, 0.25) is 0 Å². The Balaban J connectivity index is 0.000000196. The predicted octanol–water partition coefficient (Wildman–Crippen LogP) is 4.94. The highest BCUT2D eigenvalue weighted by molar-refractivity contribution is 7.88. The van der Waals surface area contributed by atoms with Gasteiger partial charge in [0.2, 0.25) is 23.6 Å². The van der Waals surface area contributed by atoms with Crippen LogP contribution in [0.3, 0.4) is 0 Å². The number of halogens is 3. The Kier molecular flexibility index (Phi) is 19.4. The van der Waals surface area contributed by atoms with Crippen LogP contribution in [0, 0.1) is 25.7 Å². The normalized spacial score (nSPS) is 23.5. The molecule has 0 unspecified atom stereocenters. The highest BCUT2D eigenvalue weighted by Gasteiger charge is 2.50. The lowest BCUT2D eigenvalue weighted by molar-refractivity contribution is -0.231. The lowest BCUT2D eigenvalue weighted by Gasteiger charge is -2.44. The van der Waals surface area contributed by atoms with E-state index in [1.54, 1.807) is 63.4 Å². The molecule has 2 saturated heterocycles. The van der Waals surface area contributed by atoms with Crippen molar-refractivity contribution in [2.24, 2.45) is 11.8 Å². The Morgan fingerprint density at radius 3 is 1.67 bits per heavy atom. The summed E-state index contributed by atoms with van der Waals surface area (Å²) < 4.78 is 104. The molecule has 2 aliphatic rings. The number of carbonyl (C=O) groups excluding carboxylic acids is 1. The number of benzene rings is 4. The van der Waals surface area contributed by atoms with Crippen molar-refractivity contribution >= 4 is 28.7 Å². The van der Waals surface area contributed by atoms with Crippen molar-refractivity contribution in [1.29, 1.82) is 0 Å². The number of aliphatic hydroxyl groups is 4. The fraction of sp³-hybridized carbons (Fsp3) is 0.420. The summed E-state index contributed by atoms with van der Waals surface area (Å²) in [5, 5.41) is 73.2. The van der Waals surface area contributed by atoms with Gasteiger partial charge in [0.15, 0.2) is 11.5 Å². The maximum Gasteiger partial charge on any atom is 0.534 e. The lowest BCUT2D eigenvalue weighted by Crippen LogP contribution is -2.55. The van der Waals surface area contributed by atoms with Gasteiger partial charge in [0, 0.05) is 43.4 Å². The Hall–Kier alpha value is -6.49. The molecule has 0 radical (unpaired) electrons. The van der Waals surface area contributed by atoms with Crippen molar-refractivity contribution in [3.8, 4) is 51.3 Å². The molecule has 6 N–H and O–H groups in total. The van der Waals surface area contributed by atoms with Gasteiger partial charge < -0.3 is 67.2 Å². The van der Waals surface area contributed by atoms with Gasteiger partial charge in [0.25, 0.3) is 0 Å². The largest absolute Gasteiger partial charge is 0.534 e. The zero-order valence-electron chi connectivity index (χ0n) is 42.4. The summed E-state index contributed by atoms with van der Waals surface area (Å²) in [6.45, 7) is 9.98. The number of hydrogen-bond donors (Lipinski definition) is 6. The second-order valence-electron chi connectivity index (χ2n) is 17.7. The van der Waals surface area contributed by atoms with Crippen LogP contribution < -0.4 is 19.1 Å². The van der Waals surface area contributed by atoms with E-state index in [0.29, 0.717) is 52.3 Å².